The second kappa shape index (κ2) is 9.82. The summed E-state index contributed by atoms with van der Waals surface area (Å²) in [5.74, 6) is -0.293. The molecule has 0 aliphatic heterocycles. The first-order valence-corrected chi connectivity index (χ1v) is 9.60. The zero-order chi connectivity index (χ0) is 20.6. The lowest BCUT2D eigenvalue weighted by Crippen LogP contribution is -2.38. The van der Waals surface area contributed by atoms with Crippen molar-refractivity contribution < 1.29 is 8.78 Å². The minimum absolute atomic E-state index is 0.244. The van der Waals surface area contributed by atoms with E-state index in [9.17, 15) is 8.78 Å². The molecule has 1 heterocycles. The highest BCUT2D eigenvalue weighted by Gasteiger charge is 2.11. The molecule has 152 valence electrons. The fraction of sp³-hybridized carbons (Fsp3) is 0.273. The predicted molar refractivity (Wildman–Crippen MR) is 110 cm³/mol. The number of guanidine groups is 1. The van der Waals surface area contributed by atoms with E-state index in [4.69, 9.17) is 0 Å². The second-order valence-electron chi connectivity index (χ2n) is 6.69. The number of imidazole rings is 1. The van der Waals surface area contributed by atoms with Crippen LogP contribution in [0.1, 0.15) is 36.8 Å². The molecule has 0 aliphatic carbocycles. The van der Waals surface area contributed by atoms with E-state index in [1.54, 1.807) is 12.3 Å². The zero-order valence-corrected chi connectivity index (χ0v) is 16.6. The van der Waals surface area contributed by atoms with E-state index in [1.165, 1.54) is 11.6 Å². The lowest BCUT2D eigenvalue weighted by Gasteiger charge is -2.18. The topological polar surface area (TPSA) is 54.2 Å². The molecule has 0 spiro atoms. The van der Waals surface area contributed by atoms with Crippen molar-refractivity contribution in [2.75, 3.05) is 6.54 Å². The van der Waals surface area contributed by atoms with Crippen LogP contribution in [0.4, 0.5) is 8.78 Å². The van der Waals surface area contributed by atoms with Crippen molar-refractivity contribution in [2.45, 2.75) is 33.0 Å². The maximum absolute atomic E-state index is 13.5. The summed E-state index contributed by atoms with van der Waals surface area (Å²) < 4.78 is 28.8. The molecule has 0 aliphatic rings. The summed E-state index contributed by atoms with van der Waals surface area (Å²) in [7, 11) is 0. The number of benzene rings is 2. The quantitative estimate of drug-likeness (QED) is 0.468. The lowest BCUT2D eigenvalue weighted by molar-refractivity contribution is 0.504. The van der Waals surface area contributed by atoms with Crippen LogP contribution in [-0.2, 0) is 13.1 Å². The van der Waals surface area contributed by atoms with Crippen LogP contribution in [0.2, 0.25) is 0 Å². The lowest BCUT2D eigenvalue weighted by atomic mass is 10.1. The van der Waals surface area contributed by atoms with Crippen LogP contribution in [0.15, 0.2) is 65.9 Å². The number of aromatic nitrogens is 2. The summed E-state index contributed by atoms with van der Waals surface area (Å²) in [5, 5.41) is 6.40. The molecule has 29 heavy (non-hydrogen) atoms. The summed E-state index contributed by atoms with van der Waals surface area (Å²) in [6.45, 7) is 5.63. The van der Waals surface area contributed by atoms with Gasteiger partial charge in [0.15, 0.2) is 17.6 Å². The highest BCUT2D eigenvalue weighted by Crippen LogP contribution is 2.16. The van der Waals surface area contributed by atoms with E-state index in [-0.39, 0.29) is 6.04 Å². The van der Waals surface area contributed by atoms with Gasteiger partial charge in [-0.3, -0.25) is 0 Å². The summed E-state index contributed by atoms with van der Waals surface area (Å²) in [5.41, 5.74) is 1.83. The van der Waals surface area contributed by atoms with Crippen molar-refractivity contribution in [3.05, 3.63) is 89.5 Å². The summed E-state index contributed by atoms with van der Waals surface area (Å²) in [4.78, 5) is 9.02. The van der Waals surface area contributed by atoms with Crippen LogP contribution < -0.4 is 10.6 Å². The van der Waals surface area contributed by atoms with Gasteiger partial charge in [-0.15, -0.1) is 0 Å². The Kier molecular flexibility index (Phi) is 6.94. The van der Waals surface area contributed by atoms with Gasteiger partial charge in [0, 0.05) is 25.5 Å². The smallest absolute Gasteiger partial charge is 0.192 e. The van der Waals surface area contributed by atoms with E-state index >= 15 is 0 Å². The van der Waals surface area contributed by atoms with Gasteiger partial charge in [0.1, 0.15) is 12.4 Å². The fourth-order valence-corrected chi connectivity index (χ4v) is 2.96. The molecular weight excluding hydrogens is 372 g/mol. The minimum Gasteiger partial charge on any atom is -0.357 e. The third kappa shape index (κ3) is 5.63. The Morgan fingerprint density at radius 3 is 2.66 bits per heavy atom. The third-order valence-corrected chi connectivity index (χ3v) is 4.52. The zero-order valence-electron chi connectivity index (χ0n) is 16.6. The van der Waals surface area contributed by atoms with E-state index in [0.29, 0.717) is 24.6 Å². The summed E-state index contributed by atoms with van der Waals surface area (Å²) >= 11 is 0. The van der Waals surface area contributed by atoms with Gasteiger partial charge in [-0.05, 0) is 37.1 Å². The Balaban J connectivity index is 1.69. The Bertz CT molecular complexity index is 953. The van der Waals surface area contributed by atoms with Gasteiger partial charge in [0.2, 0.25) is 0 Å². The molecule has 7 heteroatoms. The monoisotopic (exact) mass is 397 g/mol. The first kappa shape index (κ1) is 20.5. The molecule has 2 aromatic carbocycles. The molecule has 1 atom stereocenters. The molecule has 2 N–H and O–H groups in total. The molecule has 0 fully saturated rings. The van der Waals surface area contributed by atoms with Crippen LogP contribution in [-0.4, -0.2) is 22.1 Å². The number of hydrogen-bond donors (Lipinski definition) is 2. The van der Waals surface area contributed by atoms with Gasteiger partial charge in [0.05, 0.1) is 6.04 Å². The normalized spacial score (nSPS) is 12.6. The standard InChI is InChI=1S/C22H25F2N5/c1-3-25-22(28-16(2)18-9-10-19(23)20(24)13-18)27-14-21-26-11-12-29(21)15-17-7-5-4-6-8-17/h4-13,16H,3,14-15H2,1-2H3,(H2,25,27,28). The van der Waals surface area contributed by atoms with Crippen LogP contribution in [0.5, 0.6) is 0 Å². The maximum Gasteiger partial charge on any atom is 0.192 e. The van der Waals surface area contributed by atoms with Crippen LogP contribution in [0.3, 0.4) is 0 Å². The number of nitrogens with one attached hydrogen (secondary N) is 2. The van der Waals surface area contributed by atoms with Gasteiger partial charge in [-0.2, -0.15) is 0 Å². The van der Waals surface area contributed by atoms with E-state index in [1.807, 2.05) is 38.2 Å². The first-order chi connectivity index (χ1) is 14.1. The van der Waals surface area contributed by atoms with Crippen molar-refractivity contribution in [1.29, 1.82) is 0 Å². The second-order valence-corrected chi connectivity index (χ2v) is 6.69. The van der Waals surface area contributed by atoms with Gasteiger partial charge in [-0.1, -0.05) is 36.4 Å². The van der Waals surface area contributed by atoms with Gasteiger partial charge in [-0.25, -0.2) is 18.8 Å². The number of nitrogens with zero attached hydrogens (tertiary/aromatic N) is 3. The minimum atomic E-state index is -0.860. The predicted octanol–water partition coefficient (Wildman–Crippen LogP) is 4.03. The largest absolute Gasteiger partial charge is 0.357 e. The Labute approximate surface area is 169 Å². The molecule has 0 bridgehead atoms. The van der Waals surface area contributed by atoms with E-state index in [2.05, 4.69) is 37.3 Å². The maximum atomic E-state index is 13.5. The Morgan fingerprint density at radius 1 is 1.14 bits per heavy atom. The van der Waals surface area contributed by atoms with Gasteiger partial charge < -0.3 is 15.2 Å². The average molecular weight is 397 g/mol. The Hall–Kier alpha value is -3.22. The molecule has 0 saturated carbocycles. The molecule has 3 aromatic rings. The molecule has 0 radical (unpaired) electrons. The number of aliphatic imine (C=N–C) groups is 1. The van der Waals surface area contributed by atoms with Crippen molar-refractivity contribution in [1.82, 2.24) is 20.2 Å². The number of rotatable bonds is 7. The van der Waals surface area contributed by atoms with E-state index < -0.39 is 11.6 Å². The fourth-order valence-electron chi connectivity index (χ4n) is 2.96. The molecule has 0 amide bonds. The van der Waals surface area contributed by atoms with Crippen molar-refractivity contribution >= 4 is 5.96 Å². The SMILES string of the molecule is CCNC(=NCc1nccn1Cc1ccccc1)NC(C)c1ccc(F)c(F)c1. The van der Waals surface area contributed by atoms with Crippen molar-refractivity contribution in [2.24, 2.45) is 4.99 Å². The van der Waals surface area contributed by atoms with Crippen LogP contribution in [0.25, 0.3) is 0 Å². The summed E-state index contributed by atoms with van der Waals surface area (Å²) in [6, 6.07) is 13.8. The summed E-state index contributed by atoms with van der Waals surface area (Å²) in [6.07, 6.45) is 3.69. The number of hydrogen-bond acceptors (Lipinski definition) is 2. The van der Waals surface area contributed by atoms with Crippen molar-refractivity contribution in [3.8, 4) is 0 Å². The number of halogens is 2. The average Bonchev–Trinajstić information content (AvgIpc) is 3.16. The van der Waals surface area contributed by atoms with Crippen LogP contribution in [0, 0.1) is 11.6 Å². The van der Waals surface area contributed by atoms with Crippen LogP contribution >= 0.6 is 0 Å². The Morgan fingerprint density at radius 2 is 1.93 bits per heavy atom. The molecule has 5 nitrogen and oxygen atoms in total. The first-order valence-electron chi connectivity index (χ1n) is 9.60. The highest BCUT2D eigenvalue weighted by atomic mass is 19.2. The molecular formula is C22H25F2N5. The van der Waals surface area contributed by atoms with Gasteiger partial charge >= 0.3 is 0 Å². The molecule has 3 rings (SSSR count). The molecule has 0 saturated heterocycles. The molecule has 1 unspecified atom stereocenters. The van der Waals surface area contributed by atoms with E-state index in [0.717, 1.165) is 18.4 Å². The van der Waals surface area contributed by atoms with Crippen molar-refractivity contribution in [3.63, 3.8) is 0 Å². The van der Waals surface area contributed by atoms with Gasteiger partial charge in [0.25, 0.3) is 0 Å². The highest BCUT2D eigenvalue weighted by molar-refractivity contribution is 5.80. The third-order valence-electron chi connectivity index (χ3n) is 4.52. The molecule has 1 aromatic heterocycles.